The van der Waals surface area contributed by atoms with Crippen LogP contribution in [0, 0.1) is 0 Å². The Morgan fingerprint density at radius 1 is 0.938 bits per heavy atom. The normalized spacial score (nSPS) is 15.9. The highest BCUT2D eigenvalue weighted by molar-refractivity contribution is 5.93. The fourth-order valence-electron chi connectivity index (χ4n) is 3.88. The van der Waals surface area contributed by atoms with Crippen LogP contribution in [0.1, 0.15) is 43.2 Å². The third-order valence-corrected chi connectivity index (χ3v) is 5.68. The standard InChI is InChI=1S/C24H28N2O6/c27-19-11-9-17(10-12-19)15-20(21(28)29)25-22(30)24(13-5-2-6-14-24)26-23(31)32-16-18-7-3-1-4-8-18/h1,3-4,7-12,20,27H,2,5-6,13-16H2,(H,25,30)(H,26,31)(H,28,29). The average molecular weight is 440 g/mol. The molecular weight excluding hydrogens is 412 g/mol. The second-order valence-corrected chi connectivity index (χ2v) is 8.06. The minimum Gasteiger partial charge on any atom is -0.508 e. The first-order valence-corrected chi connectivity index (χ1v) is 10.7. The quantitative estimate of drug-likeness (QED) is 0.500. The summed E-state index contributed by atoms with van der Waals surface area (Å²) in [4.78, 5) is 37.5. The van der Waals surface area contributed by atoms with Gasteiger partial charge in [0, 0.05) is 6.42 Å². The third kappa shape index (κ3) is 6.23. The van der Waals surface area contributed by atoms with Crippen molar-refractivity contribution in [2.75, 3.05) is 0 Å². The fourth-order valence-corrected chi connectivity index (χ4v) is 3.88. The molecule has 0 radical (unpaired) electrons. The van der Waals surface area contributed by atoms with Gasteiger partial charge in [-0.25, -0.2) is 9.59 Å². The van der Waals surface area contributed by atoms with Crippen LogP contribution >= 0.6 is 0 Å². The van der Waals surface area contributed by atoms with E-state index in [0.717, 1.165) is 24.8 Å². The molecule has 2 aromatic carbocycles. The Morgan fingerprint density at radius 2 is 1.59 bits per heavy atom. The van der Waals surface area contributed by atoms with Crippen molar-refractivity contribution in [1.29, 1.82) is 0 Å². The van der Waals surface area contributed by atoms with Gasteiger partial charge < -0.3 is 25.6 Å². The van der Waals surface area contributed by atoms with Crippen LogP contribution in [-0.2, 0) is 27.4 Å². The Labute approximate surface area is 186 Å². The van der Waals surface area contributed by atoms with E-state index in [0.29, 0.717) is 18.4 Å². The summed E-state index contributed by atoms with van der Waals surface area (Å²) in [5, 5.41) is 24.4. The van der Waals surface area contributed by atoms with E-state index in [4.69, 9.17) is 4.74 Å². The Balaban J connectivity index is 1.67. The number of carbonyl (C=O) groups is 3. The number of ether oxygens (including phenoxy) is 1. The van der Waals surface area contributed by atoms with Gasteiger partial charge in [0.05, 0.1) is 0 Å². The summed E-state index contributed by atoms with van der Waals surface area (Å²) < 4.78 is 5.30. The minimum atomic E-state index is -1.21. The van der Waals surface area contributed by atoms with E-state index in [1.807, 2.05) is 30.3 Å². The number of amides is 2. The van der Waals surface area contributed by atoms with Gasteiger partial charge in [0.25, 0.3) is 0 Å². The Hall–Kier alpha value is -3.55. The summed E-state index contributed by atoms with van der Waals surface area (Å²) in [6.07, 6.45) is 2.57. The number of phenols is 1. The number of hydrogen-bond donors (Lipinski definition) is 4. The van der Waals surface area contributed by atoms with E-state index in [-0.39, 0.29) is 18.8 Å². The maximum atomic E-state index is 13.2. The molecule has 1 atom stereocenters. The Kier molecular flexibility index (Phi) is 7.70. The number of aromatic hydroxyl groups is 1. The van der Waals surface area contributed by atoms with E-state index in [1.165, 1.54) is 12.1 Å². The molecule has 170 valence electrons. The van der Waals surface area contributed by atoms with Gasteiger partial charge in [0.2, 0.25) is 5.91 Å². The van der Waals surface area contributed by atoms with Crippen molar-refractivity contribution in [1.82, 2.24) is 10.6 Å². The summed E-state index contributed by atoms with van der Waals surface area (Å²) in [5.74, 6) is -1.63. The second kappa shape index (κ2) is 10.7. The van der Waals surface area contributed by atoms with Gasteiger partial charge in [0.1, 0.15) is 23.9 Å². The van der Waals surface area contributed by atoms with Crippen molar-refractivity contribution in [2.45, 2.75) is 56.7 Å². The van der Waals surface area contributed by atoms with Gasteiger partial charge in [0.15, 0.2) is 0 Å². The number of carboxylic acids is 1. The molecule has 3 rings (SSSR count). The lowest BCUT2D eigenvalue weighted by molar-refractivity contribution is -0.143. The van der Waals surface area contributed by atoms with Gasteiger partial charge in [-0.1, -0.05) is 61.7 Å². The largest absolute Gasteiger partial charge is 0.508 e. The van der Waals surface area contributed by atoms with Crippen molar-refractivity contribution in [3.63, 3.8) is 0 Å². The van der Waals surface area contributed by atoms with Crippen LogP contribution in [0.5, 0.6) is 5.75 Å². The van der Waals surface area contributed by atoms with E-state index in [2.05, 4.69) is 10.6 Å². The molecule has 1 unspecified atom stereocenters. The molecule has 4 N–H and O–H groups in total. The number of alkyl carbamates (subject to hydrolysis) is 1. The van der Waals surface area contributed by atoms with Crippen LogP contribution in [-0.4, -0.2) is 39.8 Å². The number of benzene rings is 2. The highest BCUT2D eigenvalue weighted by Gasteiger charge is 2.42. The van der Waals surface area contributed by atoms with E-state index >= 15 is 0 Å². The lowest BCUT2D eigenvalue weighted by atomic mass is 9.80. The molecule has 1 saturated carbocycles. The summed E-state index contributed by atoms with van der Waals surface area (Å²) in [7, 11) is 0. The zero-order valence-electron chi connectivity index (χ0n) is 17.8. The topological polar surface area (TPSA) is 125 Å². The van der Waals surface area contributed by atoms with Crippen molar-refractivity contribution in [3.8, 4) is 5.75 Å². The Bertz CT molecular complexity index is 923. The van der Waals surface area contributed by atoms with Gasteiger partial charge in [-0.05, 0) is 36.1 Å². The van der Waals surface area contributed by atoms with Crippen molar-refractivity contribution >= 4 is 18.0 Å². The zero-order valence-corrected chi connectivity index (χ0v) is 17.8. The molecule has 0 aliphatic heterocycles. The van der Waals surface area contributed by atoms with Gasteiger partial charge >= 0.3 is 12.1 Å². The van der Waals surface area contributed by atoms with Crippen LogP contribution in [0.15, 0.2) is 54.6 Å². The smallest absolute Gasteiger partial charge is 0.408 e. The predicted octanol–water partition coefficient (Wildman–Crippen LogP) is 3.13. The first-order chi connectivity index (χ1) is 15.4. The molecule has 2 aromatic rings. The molecule has 0 heterocycles. The van der Waals surface area contributed by atoms with Crippen LogP contribution in [0.4, 0.5) is 4.79 Å². The van der Waals surface area contributed by atoms with Crippen LogP contribution < -0.4 is 10.6 Å². The SMILES string of the molecule is O=C(NC1(C(=O)NC(Cc2ccc(O)cc2)C(=O)O)CCCCC1)OCc1ccccc1. The zero-order chi connectivity index (χ0) is 23.0. The monoisotopic (exact) mass is 440 g/mol. The van der Waals surface area contributed by atoms with Gasteiger partial charge in [-0.2, -0.15) is 0 Å². The number of carbonyl (C=O) groups excluding carboxylic acids is 2. The van der Waals surface area contributed by atoms with Crippen LogP contribution in [0.25, 0.3) is 0 Å². The maximum absolute atomic E-state index is 13.2. The summed E-state index contributed by atoms with van der Waals surface area (Å²) >= 11 is 0. The molecule has 1 aliphatic rings. The van der Waals surface area contributed by atoms with Crippen molar-refractivity contribution in [2.24, 2.45) is 0 Å². The Morgan fingerprint density at radius 3 is 2.22 bits per heavy atom. The van der Waals surface area contributed by atoms with E-state index in [9.17, 15) is 24.6 Å². The van der Waals surface area contributed by atoms with Crippen LogP contribution in [0.3, 0.4) is 0 Å². The van der Waals surface area contributed by atoms with Gasteiger partial charge in [-0.15, -0.1) is 0 Å². The number of phenolic OH excluding ortho intramolecular Hbond substituents is 1. The van der Waals surface area contributed by atoms with Gasteiger partial charge in [-0.3, -0.25) is 4.79 Å². The van der Waals surface area contributed by atoms with E-state index in [1.54, 1.807) is 12.1 Å². The lowest BCUT2D eigenvalue weighted by Gasteiger charge is -2.37. The summed E-state index contributed by atoms with van der Waals surface area (Å²) in [6.45, 7) is 0.0724. The van der Waals surface area contributed by atoms with Crippen molar-refractivity contribution in [3.05, 3.63) is 65.7 Å². The lowest BCUT2D eigenvalue weighted by Crippen LogP contribution is -2.62. The molecule has 2 amide bonds. The molecule has 0 spiro atoms. The molecule has 0 saturated heterocycles. The fraction of sp³-hybridized carbons (Fsp3) is 0.375. The maximum Gasteiger partial charge on any atom is 0.408 e. The molecule has 32 heavy (non-hydrogen) atoms. The highest BCUT2D eigenvalue weighted by atomic mass is 16.5. The molecular formula is C24H28N2O6. The molecule has 0 aromatic heterocycles. The molecule has 8 heteroatoms. The first-order valence-electron chi connectivity index (χ1n) is 10.7. The predicted molar refractivity (Wildman–Crippen MR) is 117 cm³/mol. The average Bonchev–Trinajstić information content (AvgIpc) is 2.80. The second-order valence-electron chi connectivity index (χ2n) is 8.06. The van der Waals surface area contributed by atoms with Crippen LogP contribution in [0.2, 0.25) is 0 Å². The molecule has 1 fully saturated rings. The summed E-state index contributed by atoms with van der Waals surface area (Å²) in [5.41, 5.74) is 0.266. The molecule has 0 bridgehead atoms. The number of rotatable bonds is 8. The highest BCUT2D eigenvalue weighted by Crippen LogP contribution is 2.29. The summed E-state index contributed by atoms with van der Waals surface area (Å²) in [6, 6.07) is 14.2. The third-order valence-electron chi connectivity index (χ3n) is 5.68. The molecule has 1 aliphatic carbocycles. The number of carboxylic acid groups (broad SMARTS) is 1. The molecule has 8 nitrogen and oxygen atoms in total. The number of aliphatic carboxylic acids is 1. The first kappa shape index (κ1) is 23.1. The minimum absolute atomic E-state index is 0.0515. The van der Waals surface area contributed by atoms with Crippen molar-refractivity contribution < 1.29 is 29.3 Å². The van der Waals surface area contributed by atoms with E-state index < -0.39 is 29.6 Å². The number of hydrogen-bond acceptors (Lipinski definition) is 5. The number of nitrogens with one attached hydrogen (secondary N) is 2.